The maximum atomic E-state index is 12.0. The zero-order chi connectivity index (χ0) is 18.0. The molecule has 2 saturated heterocycles. The topological polar surface area (TPSA) is 77.5 Å². The minimum atomic E-state index is 0.0850. The van der Waals surface area contributed by atoms with Gasteiger partial charge in [-0.15, -0.1) is 0 Å². The molecule has 8 nitrogen and oxygen atoms in total. The molecule has 1 aromatic heterocycles. The van der Waals surface area contributed by atoms with Crippen LogP contribution in [0.2, 0.25) is 0 Å². The summed E-state index contributed by atoms with van der Waals surface area (Å²) < 4.78 is 0. The van der Waals surface area contributed by atoms with Crippen molar-refractivity contribution in [2.75, 3.05) is 50.1 Å². The molecule has 138 valence electrons. The highest BCUT2D eigenvalue weighted by atomic mass is 16.2. The number of piperidine rings is 1. The predicted molar refractivity (Wildman–Crippen MR) is 98.2 cm³/mol. The predicted octanol–water partition coefficient (Wildman–Crippen LogP) is 1.45. The lowest BCUT2D eigenvalue weighted by molar-refractivity contribution is 0.149. The van der Waals surface area contributed by atoms with Gasteiger partial charge in [-0.2, -0.15) is 15.0 Å². The van der Waals surface area contributed by atoms with Crippen LogP contribution in [0, 0.1) is 0 Å². The number of rotatable bonds is 4. The fraction of sp³-hybridized carbons (Fsp3) is 0.765. The van der Waals surface area contributed by atoms with Gasteiger partial charge in [0.25, 0.3) is 0 Å². The summed E-state index contributed by atoms with van der Waals surface area (Å²) in [7, 11) is 3.90. The zero-order valence-electron chi connectivity index (χ0n) is 15.7. The van der Waals surface area contributed by atoms with Crippen LogP contribution in [0.15, 0.2) is 0 Å². The molecular weight excluding hydrogens is 318 g/mol. The summed E-state index contributed by atoms with van der Waals surface area (Å²) in [6.45, 7) is 7.58. The highest BCUT2D eigenvalue weighted by Crippen LogP contribution is 2.23. The van der Waals surface area contributed by atoms with Gasteiger partial charge in [0.2, 0.25) is 11.9 Å². The number of nitrogens with one attached hydrogen (secondary N) is 1. The Morgan fingerprint density at radius 2 is 1.84 bits per heavy atom. The lowest BCUT2D eigenvalue weighted by Gasteiger charge is -2.40. The number of nitrogens with zero attached hydrogens (tertiary/aromatic N) is 6. The van der Waals surface area contributed by atoms with Crippen LogP contribution in [0.4, 0.5) is 16.7 Å². The first-order valence-corrected chi connectivity index (χ1v) is 9.18. The third-order valence-corrected chi connectivity index (χ3v) is 4.85. The van der Waals surface area contributed by atoms with Gasteiger partial charge in [0, 0.05) is 52.2 Å². The maximum absolute atomic E-state index is 12.0. The maximum Gasteiger partial charge on any atom is 0.317 e. The summed E-state index contributed by atoms with van der Waals surface area (Å²) in [5.41, 5.74) is 0. The zero-order valence-corrected chi connectivity index (χ0v) is 15.7. The van der Waals surface area contributed by atoms with E-state index in [2.05, 4.69) is 39.0 Å². The summed E-state index contributed by atoms with van der Waals surface area (Å²) in [5.74, 6) is 2.54. The number of aromatic nitrogens is 3. The molecule has 2 aliphatic heterocycles. The van der Waals surface area contributed by atoms with E-state index in [1.807, 2.05) is 23.9 Å². The average molecular weight is 347 g/mol. The Hall–Kier alpha value is -2.12. The number of hydrogen-bond donors (Lipinski definition) is 1. The van der Waals surface area contributed by atoms with Gasteiger partial charge in [0.15, 0.2) is 0 Å². The molecule has 2 aliphatic rings. The van der Waals surface area contributed by atoms with Crippen LogP contribution < -0.4 is 15.1 Å². The van der Waals surface area contributed by atoms with E-state index in [4.69, 9.17) is 0 Å². The summed E-state index contributed by atoms with van der Waals surface area (Å²) in [4.78, 5) is 32.0. The van der Waals surface area contributed by atoms with Gasteiger partial charge < -0.3 is 20.0 Å². The fourth-order valence-corrected chi connectivity index (χ4v) is 3.34. The van der Waals surface area contributed by atoms with Crippen LogP contribution in [0.5, 0.6) is 0 Å². The van der Waals surface area contributed by atoms with Gasteiger partial charge >= 0.3 is 6.03 Å². The first kappa shape index (κ1) is 17.7. The molecule has 1 aromatic rings. The number of hydrogen-bond acceptors (Lipinski definition) is 6. The Kier molecular flexibility index (Phi) is 5.24. The number of amides is 2. The Labute approximate surface area is 149 Å². The van der Waals surface area contributed by atoms with Crippen molar-refractivity contribution in [1.82, 2.24) is 25.2 Å². The largest absolute Gasteiger partial charge is 0.347 e. The molecule has 3 heterocycles. The fourth-order valence-electron chi connectivity index (χ4n) is 3.34. The third-order valence-electron chi connectivity index (χ3n) is 4.85. The minimum Gasteiger partial charge on any atom is -0.347 e. The number of carbonyl (C=O) groups excluding carboxylic acids is 1. The first-order valence-electron chi connectivity index (χ1n) is 9.18. The monoisotopic (exact) mass is 347 g/mol. The molecule has 2 fully saturated rings. The normalized spacial score (nSPS) is 19.3. The minimum absolute atomic E-state index is 0.0850. The molecule has 0 saturated carbocycles. The first-order chi connectivity index (χ1) is 12.0. The van der Waals surface area contributed by atoms with Crippen LogP contribution in [0.1, 0.15) is 44.9 Å². The molecule has 3 rings (SSSR count). The van der Waals surface area contributed by atoms with E-state index in [1.165, 1.54) is 0 Å². The van der Waals surface area contributed by atoms with Crippen LogP contribution in [-0.2, 0) is 0 Å². The van der Waals surface area contributed by atoms with Gasteiger partial charge in [0.1, 0.15) is 5.82 Å². The Morgan fingerprint density at radius 3 is 2.44 bits per heavy atom. The quantitative estimate of drug-likeness (QED) is 0.888. The average Bonchev–Trinajstić information content (AvgIpc) is 2.62. The molecular formula is C17H29N7O. The van der Waals surface area contributed by atoms with Crippen LogP contribution in [-0.4, -0.2) is 72.2 Å². The SMILES string of the molecule is CC(C)c1nc(N(C)C)nc(N2CCC(N3CCCNC3=O)CC2)n1. The molecule has 25 heavy (non-hydrogen) atoms. The molecule has 0 spiro atoms. The third kappa shape index (κ3) is 3.93. The molecule has 1 N–H and O–H groups in total. The van der Waals surface area contributed by atoms with Crippen molar-refractivity contribution in [2.24, 2.45) is 0 Å². The van der Waals surface area contributed by atoms with Gasteiger partial charge in [0.05, 0.1) is 0 Å². The molecule has 0 aromatic carbocycles. The van der Waals surface area contributed by atoms with Gasteiger partial charge in [-0.3, -0.25) is 0 Å². The van der Waals surface area contributed by atoms with E-state index in [1.54, 1.807) is 0 Å². The van der Waals surface area contributed by atoms with Crippen molar-refractivity contribution in [1.29, 1.82) is 0 Å². The van der Waals surface area contributed by atoms with E-state index in [9.17, 15) is 4.79 Å². The highest BCUT2D eigenvalue weighted by Gasteiger charge is 2.30. The van der Waals surface area contributed by atoms with E-state index < -0.39 is 0 Å². The second kappa shape index (κ2) is 7.41. The molecule has 2 amide bonds. The van der Waals surface area contributed by atoms with Crippen molar-refractivity contribution in [2.45, 2.75) is 45.1 Å². The lowest BCUT2D eigenvalue weighted by atomic mass is 10.0. The summed E-state index contributed by atoms with van der Waals surface area (Å²) >= 11 is 0. The second-order valence-corrected chi connectivity index (χ2v) is 7.34. The van der Waals surface area contributed by atoms with E-state index in [0.29, 0.717) is 12.0 Å². The molecule has 0 unspecified atom stereocenters. The molecule has 0 atom stereocenters. The summed E-state index contributed by atoms with van der Waals surface area (Å²) in [5, 5.41) is 2.95. The molecule has 0 radical (unpaired) electrons. The highest BCUT2D eigenvalue weighted by molar-refractivity contribution is 5.75. The summed E-state index contributed by atoms with van der Waals surface area (Å²) in [6, 6.07) is 0.401. The van der Waals surface area contributed by atoms with Gasteiger partial charge in [-0.25, -0.2) is 4.79 Å². The molecule has 8 heteroatoms. The van der Waals surface area contributed by atoms with Crippen molar-refractivity contribution in [3.05, 3.63) is 5.82 Å². The van der Waals surface area contributed by atoms with E-state index >= 15 is 0 Å². The van der Waals surface area contributed by atoms with E-state index in [0.717, 1.165) is 57.2 Å². The molecule has 0 aliphatic carbocycles. The van der Waals surface area contributed by atoms with Crippen molar-refractivity contribution in [3.8, 4) is 0 Å². The number of carbonyl (C=O) groups is 1. The summed E-state index contributed by atoms with van der Waals surface area (Å²) in [6.07, 6.45) is 2.93. The molecule has 0 bridgehead atoms. The van der Waals surface area contributed by atoms with Crippen LogP contribution >= 0.6 is 0 Å². The van der Waals surface area contributed by atoms with Crippen molar-refractivity contribution < 1.29 is 4.79 Å². The van der Waals surface area contributed by atoms with E-state index in [-0.39, 0.29) is 11.9 Å². The van der Waals surface area contributed by atoms with Crippen molar-refractivity contribution >= 4 is 17.9 Å². The van der Waals surface area contributed by atoms with Crippen LogP contribution in [0.3, 0.4) is 0 Å². The Balaban J connectivity index is 1.71. The smallest absolute Gasteiger partial charge is 0.317 e. The van der Waals surface area contributed by atoms with Crippen LogP contribution in [0.25, 0.3) is 0 Å². The Morgan fingerprint density at radius 1 is 1.12 bits per heavy atom. The Bertz CT molecular complexity index is 585. The van der Waals surface area contributed by atoms with Gasteiger partial charge in [-0.05, 0) is 19.3 Å². The van der Waals surface area contributed by atoms with Crippen molar-refractivity contribution in [3.63, 3.8) is 0 Å². The second-order valence-electron chi connectivity index (χ2n) is 7.34. The lowest BCUT2D eigenvalue weighted by Crippen LogP contribution is -2.54. The number of anilines is 2. The van der Waals surface area contributed by atoms with Gasteiger partial charge in [-0.1, -0.05) is 13.8 Å². The number of urea groups is 1. The standard InChI is InChI=1S/C17H29N7O/c1-12(2)14-19-15(22(3)4)21-16(20-14)23-10-6-13(7-11-23)24-9-5-8-18-17(24)25/h12-13H,5-11H2,1-4H3,(H,18,25).